The van der Waals surface area contributed by atoms with Gasteiger partial charge in [-0.1, -0.05) is 22.0 Å². The lowest BCUT2D eigenvalue weighted by molar-refractivity contribution is -0.139. The third-order valence-electron chi connectivity index (χ3n) is 5.03. The van der Waals surface area contributed by atoms with Crippen LogP contribution in [0.15, 0.2) is 39.3 Å². The number of hydrogen-bond donors (Lipinski definition) is 1. The first kappa shape index (κ1) is 19.3. The molecule has 2 aromatic rings. The second-order valence-electron chi connectivity index (χ2n) is 6.75. The first-order valence-electron chi connectivity index (χ1n) is 8.62. The van der Waals surface area contributed by atoms with Crippen LogP contribution in [-0.2, 0) is 11.2 Å². The molecule has 2 aliphatic rings. The molecule has 146 valence electrons. The van der Waals surface area contributed by atoms with Crippen molar-refractivity contribution < 1.29 is 18.4 Å². The molecule has 0 radical (unpaired) electrons. The number of urea groups is 1. The molecule has 0 aromatic heterocycles. The lowest BCUT2D eigenvalue weighted by Gasteiger charge is -2.44. The minimum Gasteiger partial charge on any atom is -0.332 e. The van der Waals surface area contributed by atoms with Gasteiger partial charge in [-0.05, 0) is 57.7 Å². The van der Waals surface area contributed by atoms with Gasteiger partial charge in [0, 0.05) is 22.0 Å². The average Bonchev–Trinajstić information content (AvgIpc) is 2.63. The van der Waals surface area contributed by atoms with Gasteiger partial charge in [0.25, 0.3) is 0 Å². The summed E-state index contributed by atoms with van der Waals surface area (Å²) in [6.07, 6.45) is 0.582. The number of rotatable bonds is 1. The fourth-order valence-corrected chi connectivity index (χ4v) is 4.98. The predicted molar refractivity (Wildman–Crippen MR) is 107 cm³/mol. The maximum absolute atomic E-state index is 14.2. The minimum absolute atomic E-state index is 0.00851. The molecule has 5 nitrogen and oxygen atoms in total. The fraction of sp³-hybridized carbons (Fsp3) is 0.263. The van der Waals surface area contributed by atoms with Crippen LogP contribution >= 0.6 is 31.9 Å². The highest BCUT2D eigenvalue weighted by Crippen LogP contribution is 2.34. The summed E-state index contributed by atoms with van der Waals surface area (Å²) in [5.41, 5.74) is 1.70. The summed E-state index contributed by atoms with van der Waals surface area (Å²) in [5.74, 6) is -1.10. The minimum atomic E-state index is -0.599. The van der Waals surface area contributed by atoms with Gasteiger partial charge in [0.1, 0.15) is 18.2 Å². The van der Waals surface area contributed by atoms with Crippen LogP contribution in [0.4, 0.5) is 19.3 Å². The quantitative estimate of drug-likeness (QED) is 0.610. The Morgan fingerprint density at radius 1 is 1.18 bits per heavy atom. The van der Waals surface area contributed by atoms with E-state index in [0.717, 1.165) is 11.1 Å². The van der Waals surface area contributed by atoms with Crippen LogP contribution < -0.4 is 5.32 Å². The van der Waals surface area contributed by atoms with E-state index in [0.29, 0.717) is 21.9 Å². The van der Waals surface area contributed by atoms with Gasteiger partial charge in [0.05, 0.1) is 11.7 Å². The Hall–Kier alpha value is -2.00. The van der Waals surface area contributed by atoms with E-state index in [2.05, 4.69) is 37.2 Å². The zero-order valence-corrected chi connectivity index (χ0v) is 17.7. The number of carbonyl (C=O) groups is 2. The van der Waals surface area contributed by atoms with Crippen molar-refractivity contribution in [3.05, 3.63) is 62.0 Å². The zero-order chi connectivity index (χ0) is 20.0. The molecule has 2 aliphatic heterocycles. The summed E-state index contributed by atoms with van der Waals surface area (Å²) < 4.78 is 28.7. The largest absolute Gasteiger partial charge is 0.332 e. The summed E-state index contributed by atoms with van der Waals surface area (Å²) in [7, 11) is 0. The van der Waals surface area contributed by atoms with Crippen molar-refractivity contribution in [2.45, 2.75) is 12.5 Å². The van der Waals surface area contributed by atoms with Gasteiger partial charge in [-0.25, -0.2) is 13.6 Å². The molecule has 3 amide bonds. The zero-order valence-electron chi connectivity index (χ0n) is 14.5. The van der Waals surface area contributed by atoms with Gasteiger partial charge < -0.3 is 15.1 Å². The highest BCUT2D eigenvalue weighted by atomic mass is 79.9. The summed E-state index contributed by atoms with van der Waals surface area (Å²) in [6, 6.07) is 6.47. The van der Waals surface area contributed by atoms with Crippen molar-refractivity contribution >= 4 is 49.5 Å². The molecular formula is C19H15Br2F2N3O2. The summed E-state index contributed by atoms with van der Waals surface area (Å²) in [6.45, 7) is 0.656. The molecule has 2 heterocycles. The number of nitrogens with zero attached hydrogens (tertiary/aromatic N) is 2. The van der Waals surface area contributed by atoms with E-state index in [1.54, 1.807) is 17.0 Å². The Labute approximate surface area is 176 Å². The van der Waals surface area contributed by atoms with E-state index >= 15 is 0 Å². The van der Waals surface area contributed by atoms with Crippen molar-refractivity contribution in [3.63, 3.8) is 0 Å². The molecule has 28 heavy (non-hydrogen) atoms. The molecule has 0 bridgehead atoms. The van der Waals surface area contributed by atoms with E-state index in [9.17, 15) is 18.4 Å². The normalized spacial score (nSPS) is 18.6. The summed E-state index contributed by atoms with van der Waals surface area (Å²) in [4.78, 5) is 28.4. The summed E-state index contributed by atoms with van der Waals surface area (Å²) >= 11 is 6.42. The third-order valence-corrected chi connectivity index (χ3v) is 6.11. The summed E-state index contributed by atoms with van der Waals surface area (Å²) in [5, 5.41) is 2.54. The molecule has 1 fully saturated rings. The van der Waals surface area contributed by atoms with Crippen molar-refractivity contribution in [1.29, 1.82) is 0 Å². The lowest BCUT2D eigenvalue weighted by atomic mass is 9.90. The van der Waals surface area contributed by atoms with E-state index in [-0.39, 0.29) is 36.5 Å². The molecule has 0 aliphatic carbocycles. The van der Waals surface area contributed by atoms with Gasteiger partial charge in [-0.3, -0.25) is 4.79 Å². The first-order chi connectivity index (χ1) is 13.3. The van der Waals surface area contributed by atoms with Crippen LogP contribution in [0.1, 0.15) is 17.2 Å². The number of amides is 3. The van der Waals surface area contributed by atoms with E-state index in [4.69, 9.17) is 0 Å². The van der Waals surface area contributed by atoms with Crippen LogP contribution in [0.25, 0.3) is 0 Å². The fourth-order valence-electron chi connectivity index (χ4n) is 3.71. The molecule has 1 N–H and O–H groups in total. The standard InChI is InChI=1S/C19H15Br2F2N3O2/c20-11-6-14(21)18(15(23)7-11)24-19(28)25-8-16-13-2-1-12(22)5-10(13)3-4-26(16)17(27)9-25/h1-2,5-7,16H,3-4,8-9H2,(H,24,28)/t16-/m0/s1. The Morgan fingerprint density at radius 3 is 2.71 bits per heavy atom. The monoisotopic (exact) mass is 513 g/mol. The second kappa shape index (κ2) is 7.44. The molecule has 2 aromatic carbocycles. The SMILES string of the molecule is O=C(Nc1c(F)cc(Br)cc1Br)N1CC(=O)N2CCc3cc(F)ccc3[C@@H]2C1. The van der Waals surface area contributed by atoms with Crippen LogP contribution in [0, 0.1) is 11.6 Å². The number of piperazine rings is 1. The Kier molecular flexibility index (Phi) is 5.13. The predicted octanol–water partition coefficient (Wildman–Crippen LogP) is 4.46. The van der Waals surface area contributed by atoms with Crippen LogP contribution in [0.2, 0.25) is 0 Å². The Bertz CT molecular complexity index is 963. The Balaban J connectivity index is 1.58. The van der Waals surface area contributed by atoms with Crippen LogP contribution in [-0.4, -0.2) is 41.4 Å². The highest BCUT2D eigenvalue weighted by molar-refractivity contribution is 9.11. The topological polar surface area (TPSA) is 52.7 Å². The maximum atomic E-state index is 14.2. The number of nitrogens with one attached hydrogen (secondary N) is 1. The Morgan fingerprint density at radius 2 is 1.96 bits per heavy atom. The molecule has 4 rings (SSSR count). The first-order valence-corrected chi connectivity index (χ1v) is 10.2. The molecular weight excluding hydrogens is 500 g/mol. The van der Waals surface area contributed by atoms with Crippen molar-refractivity contribution in [2.24, 2.45) is 0 Å². The van der Waals surface area contributed by atoms with Crippen molar-refractivity contribution in [1.82, 2.24) is 9.80 Å². The molecule has 1 atom stereocenters. The molecule has 0 spiro atoms. The van der Waals surface area contributed by atoms with E-state index in [1.165, 1.54) is 23.1 Å². The van der Waals surface area contributed by atoms with E-state index in [1.807, 2.05) is 0 Å². The number of anilines is 1. The molecule has 0 saturated carbocycles. The molecule has 1 saturated heterocycles. The average molecular weight is 515 g/mol. The lowest BCUT2D eigenvalue weighted by Crippen LogP contribution is -2.56. The molecule has 9 heteroatoms. The van der Waals surface area contributed by atoms with Gasteiger partial charge in [0.2, 0.25) is 5.91 Å². The third kappa shape index (κ3) is 3.53. The van der Waals surface area contributed by atoms with Crippen LogP contribution in [0.3, 0.4) is 0 Å². The maximum Gasteiger partial charge on any atom is 0.322 e. The number of benzene rings is 2. The number of carbonyl (C=O) groups excluding carboxylic acids is 2. The number of hydrogen-bond acceptors (Lipinski definition) is 2. The smallest absolute Gasteiger partial charge is 0.322 e. The highest BCUT2D eigenvalue weighted by Gasteiger charge is 2.38. The number of halogens is 4. The van der Waals surface area contributed by atoms with Gasteiger partial charge in [0.15, 0.2) is 0 Å². The van der Waals surface area contributed by atoms with E-state index < -0.39 is 11.8 Å². The number of fused-ring (bicyclic) bond motifs is 3. The van der Waals surface area contributed by atoms with Crippen molar-refractivity contribution in [2.75, 3.05) is 25.0 Å². The molecule has 0 unspecified atom stereocenters. The van der Waals surface area contributed by atoms with Gasteiger partial charge in [-0.15, -0.1) is 0 Å². The van der Waals surface area contributed by atoms with Gasteiger partial charge in [-0.2, -0.15) is 0 Å². The van der Waals surface area contributed by atoms with Crippen molar-refractivity contribution in [3.8, 4) is 0 Å². The van der Waals surface area contributed by atoms with Crippen LogP contribution in [0.5, 0.6) is 0 Å². The van der Waals surface area contributed by atoms with Gasteiger partial charge >= 0.3 is 6.03 Å². The second-order valence-corrected chi connectivity index (χ2v) is 8.52.